The van der Waals surface area contributed by atoms with Gasteiger partial charge in [-0.3, -0.25) is 4.98 Å². The third kappa shape index (κ3) is 8.92. The Kier molecular flexibility index (Phi) is 10.8. The molecule has 0 fully saturated rings. The first kappa shape index (κ1) is 36.1. The van der Waals surface area contributed by atoms with Gasteiger partial charge in [0.15, 0.2) is 0 Å². The van der Waals surface area contributed by atoms with Gasteiger partial charge >= 0.3 is 0 Å². The van der Waals surface area contributed by atoms with Gasteiger partial charge in [0, 0.05) is 52.8 Å². The molecule has 9 aromatic rings. The van der Waals surface area contributed by atoms with Crippen LogP contribution in [-0.2, 0) is 26.5 Å². The van der Waals surface area contributed by atoms with Crippen LogP contribution in [0.3, 0.4) is 0 Å². The van der Waals surface area contributed by atoms with E-state index in [1.807, 2.05) is 13.8 Å². The minimum absolute atomic E-state index is 0. The molecule has 0 unspecified atom stereocenters. The molecule has 9 rings (SSSR count). The molecule has 3 heterocycles. The van der Waals surface area contributed by atoms with E-state index in [1.54, 1.807) is 12.3 Å². The fraction of sp³-hybridized carbons (Fsp3) is 0.250. The first-order chi connectivity index (χ1) is 32.1. The number of rotatable bonds is 9. The van der Waals surface area contributed by atoms with E-state index in [1.165, 1.54) is 39.2 Å². The van der Waals surface area contributed by atoms with Gasteiger partial charge < -0.3 is 14.1 Å². The van der Waals surface area contributed by atoms with Crippen molar-refractivity contribution in [3.8, 4) is 34.0 Å². The second kappa shape index (κ2) is 18.5. The predicted molar refractivity (Wildman–Crippen MR) is 263 cm³/mol. The van der Waals surface area contributed by atoms with Crippen molar-refractivity contribution >= 4 is 46.1 Å². The van der Waals surface area contributed by atoms with Crippen molar-refractivity contribution in [1.82, 2.24) is 19.1 Å². The largest absolute Gasteiger partial charge is 0.351 e. The minimum atomic E-state index is -2.56. The Hall–Kier alpha value is -5.39. The average molecular weight is 1010 g/mol. The molecule has 0 amide bonds. The normalized spacial score (nSPS) is 13.8. The van der Waals surface area contributed by atoms with Gasteiger partial charge in [0.25, 0.3) is 0 Å². The number of pyridine rings is 1. The van der Waals surface area contributed by atoms with Crippen LogP contribution >= 0.6 is 0 Å². The van der Waals surface area contributed by atoms with E-state index in [0.717, 1.165) is 38.8 Å². The number of benzene rings is 6. The van der Waals surface area contributed by atoms with Gasteiger partial charge in [-0.1, -0.05) is 152 Å². The molecule has 6 heteroatoms. The molecule has 4 nitrogen and oxygen atoms in total. The average Bonchev–Trinajstić information content (AvgIpc) is 3.84. The number of hydrogen-bond donors (Lipinski definition) is 0. The molecule has 62 heavy (non-hydrogen) atoms. The molecule has 6 aromatic carbocycles. The molecule has 0 aliphatic rings. The Morgan fingerprint density at radius 2 is 1.39 bits per heavy atom. The van der Waals surface area contributed by atoms with Crippen LogP contribution in [0, 0.1) is 24.9 Å². The van der Waals surface area contributed by atoms with Crippen LogP contribution in [0.4, 0.5) is 0 Å². The maximum atomic E-state index is 8.60. The second-order valence-electron chi connectivity index (χ2n) is 17.7. The van der Waals surface area contributed by atoms with Gasteiger partial charge in [0.05, 0.1) is 24.9 Å². The van der Waals surface area contributed by atoms with Crippen LogP contribution < -0.4 is 5.19 Å². The molecular weight excluding hydrogens is 949 g/mol. The smallest absolute Gasteiger partial charge is 0.0798 e. The van der Waals surface area contributed by atoms with Crippen LogP contribution in [-0.4, -0.2) is 27.2 Å². The number of hydrogen-bond acceptors (Lipinski definition) is 2. The van der Waals surface area contributed by atoms with Crippen molar-refractivity contribution < 1.29 is 29.7 Å². The van der Waals surface area contributed by atoms with E-state index in [9.17, 15) is 0 Å². The van der Waals surface area contributed by atoms with Crippen molar-refractivity contribution in [2.45, 2.75) is 86.2 Å². The van der Waals surface area contributed by atoms with E-state index in [-0.39, 0.29) is 43.7 Å². The van der Waals surface area contributed by atoms with E-state index >= 15 is 0 Å². The van der Waals surface area contributed by atoms with Crippen molar-refractivity contribution in [2.24, 2.45) is 5.92 Å². The van der Waals surface area contributed by atoms with Gasteiger partial charge in [0.2, 0.25) is 0 Å². The number of imidazole rings is 1. The molecule has 0 atom stereocenters. The van der Waals surface area contributed by atoms with Crippen molar-refractivity contribution in [2.75, 3.05) is 0 Å². The summed E-state index contributed by atoms with van der Waals surface area (Å²) in [6.45, 7) is 16.6. The SMILES string of the molecule is CC(C)c1cccc(C(C)C)c1-n1c(-c2[c-]cc3c(c2)c2ccccc2n3-c2ccccc2)nc2ccccc21.[2H]c1[c-]c(-c2cc(C([2H])([2H])C(C)C)c([Si](C)(C)C)cn2)cc([2H])c1C([2H])([2H])[2H].[Ir]. The molecular formula is C56H58IrN4Si-2. The summed E-state index contributed by atoms with van der Waals surface area (Å²) in [6, 6.07) is 47.6. The molecule has 0 saturated heterocycles. The Morgan fingerprint density at radius 1 is 0.710 bits per heavy atom. The van der Waals surface area contributed by atoms with E-state index in [4.69, 9.17) is 14.6 Å². The molecule has 0 aliphatic heterocycles. The van der Waals surface area contributed by atoms with Crippen LogP contribution in [0.5, 0.6) is 0 Å². The third-order valence-corrected chi connectivity index (χ3v) is 13.1. The topological polar surface area (TPSA) is 35.6 Å². The summed E-state index contributed by atoms with van der Waals surface area (Å²) in [6.07, 6.45) is 0.120. The second-order valence-corrected chi connectivity index (χ2v) is 22.7. The first-order valence-corrected chi connectivity index (χ1v) is 24.8. The summed E-state index contributed by atoms with van der Waals surface area (Å²) in [7, 11) is -1.87. The number of nitrogens with zero attached hydrogens (tertiary/aromatic N) is 4. The number of aromatic nitrogens is 4. The van der Waals surface area contributed by atoms with Gasteiger partial charge in [-0.15, -0.1) is 59.1 Å². The summed E-state index contributed by atoms with van der Waals surface area (Å²) in [5.74, 6) is 1.42. The maximum absolute atomic E-state index is 8.60. The number of para-hydroxylation sites is 5. The van der Waals surface area contributed by atoms with E-state index in [2.05, 4.69) is 183 Å². The van der Waals surface area contributed by atoms with Gasteiger partial charge in [0.1, 0.15) is 0 Å². The molecule has 3 aromatic heterocycles. The molecule has 1 radical (unpaired) electrons. The molecule has 0 N–H and O–H groups in total. The molecule has 317 valence electrons. The van der Waals surface area contributed by atoms with Crippen molar-refractivity contribution in [1.29, 1.82) is 0 Å². The third-order valence-electron chi connectivity index (χ3n) is 11.1. The maximum Gasteiger partial charge on any atom is 0.0798 e. The zero-order valence-corrected chi connectivity index (χ0v) is 40.4. The summed E-state index contributed by atoms with van der Waals surface area (Å²) in [4.78, 5) is 9.69. The van der Waals surface area contributed by atoms with Crippen LogP contribution in [0.2, 0.25) is 19.6 Å². The van der Waals surface area contributed by atoms with Gasteiger partial charge in [-0.05, 0) is 87.4 Å². The van der Waals surface area contributed by atoms with Gasteiger partial charge in [-0.2, -0.15) is 0 Å². The summed E-state index contributed by atoms with van der Waals surface area (Å²) < 4.78 is 60.5. The Balaban J connectivity index is 0.000000215. The van der Waals surface area contributed by atoms with E-state index in [0.29, 0.717) is 28.7 Å². The molecule has 0 saturated carbocycles. The first-order valence-electron chi connectivity index (χ1n) is 24.8. The minimum Gasteiger partial charge on any atom is -0.351 e. The van der Waals surface area contributed by atoms with Crippen molar-refractivity contribution in [3.05, 3.63) is 174 Å². The fourth-order valence-electron chi connectivity index (χ4n) is 8.21. The zero-order chi connectivity index (χ0) is 49.0. The fourth-order valence-corrected chi connectivity index (χ4v) is 9.62. The zero-order valence-electron chi connectivity index (χ0n) is 44.0. The molecule has 0 spiro atoms. The quantitative estimate of drug-likeness (QED) is 0.107. The summed E-state index contributed by atoms with van der Waals surface area (Å²) in [5, 5.41) is 3.35. The van der Waals surface area contributed by atoms with Gasteiger partial charge in [-0.25, -0.2) is 0 Å². The number of fused-ring (bicyclic) bond motifs is 4. The van der Waals surface area contributed by atoms with Crippen LogP contribution in [0.15, 0.2) is 140 Å². The Labute approximate surface area is 393 Å². The Bertz CT molecular complexity index is 3260. The van der Waals surface area contributed by atoms with Crippen LogP contribution in [0.1, 0.15) is 85.2 Å². The molecule has 0 aliphatic carbocycles. The monoisotopic (exact) mass is 1010 g/mol. The predicted octanol–water partition coefficient (Wildman–Crippen LogP) is 14.4. The van der Waals surface area contributed by atoms with E-state index < -0.39 is 21.3 Å². The Morgan fingerprint density at radius 3 is 2.05 bits per heavy atom. The summed E-state index contributed by atoms with van der Waals surface area (Å²) in [5.41, 5.74) is 11.4. The summed E-state index contributed by atoms with van der Waals surface area (Å²) >= 11 is 0. The standard InChI is InChI=1S/C37H32N3.C19H26NSi.Ir/c1-24(2)28-16-12-17-29(25(3)4)36(28)40-35-20-11-9-18-32(35)38-37(40)26-21-22-34-31(23-26)30-15-8-10-19-33(30)39(34)27-13-6-5-7-14-27;1-14(2)11-17-12-18(16-9-7-15(3)8-10-16)20-13-19(17)21(4,5)6;/h5-20,22-25H,1-4H3;7-9,12-14H,11H2,1-6H3;/q2*-1;/i;3D3,7D,8D,11D2;. The van der Waals surface area contributed by atoms with Crippen LogP contribution in [0.25, 0.3) is 66.9 Å². The van der Waals surface area contributed by atoms with Crippen molar-refractivity contribution in [3.63, 3.8) is 0 Å². The molecule has 0 bridgehead atoms.